The van der Waals surface area contributed by atoms with Crippen molar-refractivity contribution in [3.63, 3.8) is 0 Å². The Morgan fingerprint density at radius 1 is 1.82 bits per heavy atom. The fraction of sp³-hybridized carbons (Fsp3) is 0.667. The summed E-state index contributed by atoms with van der Waals surface area (Å²) in [6.45, 7) is 1.06. The predicted octanol–water partition coefficient (Wildman–Crippen LogP) is -1.16. The fourth-order valence-corrected chi connectivity index (χ4v) is 0.800. The van der Waals surface area contributed by atoms with Crippen LogP contribution in [-0.4, -0.2) is 35.9 Å². The van der Waals surface area contributed by atoms with Crippen LogP contribution in [0.25, 0.3) is 0 Å². The number of hydrogen-bond acceptors (Lipinski definition) is 5. The van der Waals surface area contributed by atoms with Gasteiger partial charge in [0.25, 0.3) is 0 Å². The van der Waals surface area contributed by atoms with Gasteiger partial charge in [0.15, 0.2) is 0 Å². The smallest absolute Gasteiger partial charge is 0.350 e. The number of cyclic esters (lactones) is 1. The Morgan fingerprint density at radius 2 is 2.45 bits per heavy atom. The quantitative estimate of drug-likeness (QED) is 0.489. The lowest BCUT2D eigenvalue weighted by molar-refractivity contribution is -0.161. The fourth-order valence-electron chi connectivity index (χ4n) is 0.800. The first-order valence-corrected chi connectivity index (χ1v) is 3.13. The van der Waals surface area contributed by atoms with Gasteiger partial charge < -0.3 is 14.6 Å². The standard InChI is InChI=1S/C6H8O5/c1-3(7)11-5-4(8)2-10-6(5)9/h4-5,8H,2H2,1H3. The number of rotatable bonds is 1. The van der Waals surface area contributed by atoms with Gasteiger partial charge in [0.2, 0.25) is 6.10 Å². The average Bonchev–Trinajstić information content (AvgIpc) is 2.18. The van der Waals surface area contributed by atoms with Gasteiger partial charge in [-0.25, -0.2) is 4.79 Å². The zero-order chi connectivity index (χ0) is 8.43. The highest BCUT2D eigenvalue weighted by atomic mass is 16.6. The Balaban J connectivity index is 2.54. The van der Waals surface area contributed by atoms with Gasteiger partial charge in [-0.15, -0.1) is 0 Å². The number of ether oxygens (including phenoxy) is 2. The Labute approximate surface area is 62.9 Å². The van der Waals surface area contributed by atoms with E-state index in [4.69, 9.17) is 5.11 Å². The van der Waals surface area contributed by atoms with Crippen LogP contribution in [-0.2, 0) is 19.1 Å². The van der Waals surface area contributed by atoms with E-state index >= 15 is 0 Å². The molecule has 1 rings (SSSR count). The largest absolute Gasteiger partial charge is 0.460 e. The van der Waals surface area contributed by atoms with Crippen LogP contribution in [0, 0.1) is 0 Å². The molecule has 5 heteroatoms. The van der Waals surface area contributed by atoms with Crippen molar-refractivity contribution < 1.29 is 24.2 Å². The molecule has 0 bridgehead atoms. The molecule has 0 radical (unpaired) electrons. The molecule has 1 aliphatic heterocycles. The first-order valence-electron chi connectivity index (χ1n) is 3.13. The van der Waals surface area contributed by atoms with Crippen LogP contribution in [0.1, 0.15) is 6.92 Å². The van der Waals surface area contributed by atoms with E-state index in [1.807, 2.05) is 0 Å². The predicted molar refractivity (Wildman–Crippen MR) is 32.5 cm³/mol. The van der Waals surface area contributed by atoms with Crippen LogP contribution in [0.4, 0.5) is 0 Å². The Kier molecular flexibility index (Phi) is 2.09. The van der Waals surface area contributed by atoms with E-state index in [0.717, 1.165) is 6.92 Å². The molecule has 0 aliphatic carbocycles. The molecule has 5 nitrogen and oxygen atoms in total. The van der Waals surface area contributed by atoms with Crippen molar-refractivity contribution in [2.45, 2.75) is 19.1 Å². The summed E-state index contributed by atoms with van der Waals surface area (Å²) in [4.78, 5) is 21.0. The van der Waals surface area contributed by atoms with Crippen LogP contribution in [0.3, 0.4) is 0 Å². The highest BCUT2D eigenvalue weighted by Crippen LogP contribution is 2.10. The molecule has 1 heterocycles. The van der Waals surface area contributed by atoms with Gasteiger partial charge in [0.1, 0.15) is 12.7 Å². The lowest BCUT2D eigenvalue weighted by Crippen LogP contribution is -2.31. The Hall–Kier alpha value is -1.10. The molecule has 0 spiro atoms. The maximum atomic E-state index is 10.7. The molecule has 2 atom stereocenters. The van der Waals surface area contributed by atoms with Gasteiger partial charge in [-0.05, 0) is 0 Å². The van der Waals surface area contributed by atoms with E-state index in [2.05, 4.69) is 9.47 Å². The minimum Gasteiger partial charge on any atom is -0.460 e. The van der Waals surface area contributed by atoms with Crippen LogP contribution in [0.5, 0.6) is 0 Å². The topological polar surface area (TPSA) is 72.8 Å². The van der Waals surface area contributed by atoms with Gasteiger partial charge in [0, 0.05) is 6.92 Å². The summed E-state index contributed by atoms with van der Waals surface area (Å²) in [5, 5.41) is 8.99. The molecule has 2 unspecified atom stereocenters. The molecular weight excluding hydrogens is 152 g/mol. The molecule has 0 amide bonds. The SMILES string of the molecule is CC(=O)OC1C(=O)OCC1O. The Morgan fingerprint density at radius 3 is 2.82 bits per heavy atom. The van der Waals surface area contributed by atoms with Crippen molar-refractivity contribution in [3.8, 4) is 0 Å². The van der Waals surface area contributed by atoms with E-state index in [0.29, 0.717) is 0 Å². The van der Waals surface area contributed by atoms with E-state index < -0.39 is 24.1 Å². The van der Waals surface area contributed by atoms with Crippen molar-refractivity contribution in [1.82, 2.24) is 0 Å². The monoisotopic (exact) mass is 160 g/mol. The molecule has 0 aromatic carbocycles. The number of carbonyl (C=O) groups excluding carboxylic acids is 2. The molecule has 62 valence electrons. The van der Waals surface area contributed by atoms with Gasteiger partial charge in [0.05, 0.1) is 0 Å². The van der Waals surface area contributed by atoms with Gasteiger partial charge in [-0.2, -0.15) is 0 Å². The van der Waals surface area contributed by atoms with E-state index in [1.165, 1.54) is 0 Å². The maximum absolute atomic E-state index is 10.7. The van der Waals surface area contributed by atoms with Crippen molar-refractivity contribution in [2.24, 2.45) is 0 Å². The van der Waals surface area contributed by atoms with E-state index in [1.54, 1.807) is 0 Å². The van der Waals surface area contributed by atoms with Gasteiger partial charge >= 0.3 is 11.9 Å². The van der Waals surface area contributed by atoms with Crippen LogP contribution >= 0.6 is 0 Å². The van der Waals surface area contributed by atoms with Crippen molar-refractivity contribution in [3.05, 3.63) is 0 Å². The normalized spacial score (nSPS) is 29.8. The molecular formula is C6H8O5. The third-order valence-corrected chi connectivity index (χ3v) is 1.27. The second-order valence-electron chi connectivity index (χ2n) is 2.23. The summed E-state index contributed by atoms with van der Waals surface area (Å²) in [5.74, 6) is -1.29. The minimum absolute atomic E-state index is 0.100. The third-order valence-electron chi connectivity index (χ3n) is 1.27. The number of aliphatic hydroxyl groups excluding tert-OH is 1. The first-order chi connectivity index (χ1) is 5.11. The molecule has 1 aliphatic rings. The summed E-state index contributed by atoms with van der Waals surface area (Å²) in [6.07, 6.45) is -2.15. The van der Waals surface area contributed by atoms with Crippen LogP contribution in [0.2, 0.25) is 0 Å². The molecule has 11 heavy (non-hydrogen) atoms. The van der Waals surface area contributed by atoms with Crippen molar-refractivity contribution in [2.75, 3.05) is 6.61 Å². The highest BCUT2D eigenvalue weighted by molar-refractivity contribution is 5.80. The molecule has 0 aromatic heterocycles. The maximum Gasteiger partial charge on any atom is 0.350 e. The number of esters is 2. The third kappa shape index (κ3) is 1.68. The molecule has 0 saturated carbocycles. The highest BCUT2D eigenvalue weighted by Gasteiger charge is 2.38. The minimum atomic E-state index is -1.13. The zero-order valence-corrected chi connectivity index (χ0v) is 5.94. The number of aliphatic hydroxyl groups is 1. The Bertz CT molecular complexity index is 187. The van der Waals surface area contributed by atoms with Gasteiger partial charge in [-0.3, -0.25) is 4.79 Å². The van der Waals surface area contributed by atoms with Crippen LogP contribution < -0.4 is 0 Å². The lowest BCUT2D eigenvalue weighted by Gasteiger charge is -2.08. The second kappa shape index (κ2) is 2.87. The van der Waals surface area contributed by atoms with Crippen molar-refractivity contribution in [1.29, 1.82) is 0 Å². The molecule has 1 fully saturated rings. The first kappa shape index (κ1) is 8.00. The van der Waals surface area contributed by atoms with Gasteiger partial charge in [-0.1, -0.05) is 0 Å². The summed E-state index contributed by atoms with van der Waals surface area (Å²) in [6, 6.07) is 0. The van der Waals surface area contributed by atoms with Crippen LogP contribution in [0.15, 0.2) is 0 Å². The molecule has 0 aromatic rings. The number of carbonyl (C=O) groups is 2. The number of hydrogen-bond donors (Lipinski definition) is 1. The average molecular weight is 160 g/mol. The summed E-state index contributed by atoms with van der Waals surface area (Å²) in [5.41, 5.74) is 0. The second-order valence-corrected chi connectivity index (χ2v) is 2.23. The molecule has 1 saturated heterocycles. The van der Waals surface area contributed by atoms with E-state index in [9.17, 15) is 9.59 Å². The summed E-state index contributed by atoms with van der Waals surface area (Å²) in [7, 11) is 0. The summed E-state index contributed by atoms with van der Waals surface area (Å²) < 4.78 is 8.88. The van der Waals surface area contributed by atoms with E-state index in [-0.39, 0.29) is 6.61 Å². The zero-order valence-electron chi connectivity index (χ0n) is 5.94. The summed E-state index contributed by atoms with van der Waals surface area (Å²) >= 11 is 0. The van der Waals surface area contributed by atoms with Crippen molar-refractivity contribution >= 4 is 11.9 Å². The lowest BCUT2D eigenvalue weighted by atomic mass is 10.2. The molecule has 1 N–H and O–H groups in total.